The van der Waals surface area contributed by atoms with E-state index in [1.54, 1.807) is 6.07 Å². The number of pyridine rings is 1. The molecule has 0 amide bonds. The first-order valence-electron chi connectivity index (χ1n) is 6.35. The lowest BCUT2D eigenvalue weighted by atomic mass is 10.2. The van der Waals surface area contributed by atoms with Crippen LogP contribution in [0.5, 0.6) is 0 Å². The zero-order valence-corrected chi connectivity index (χ0v) is 12.3. The van der Waals surface area contributed by atoms with E-state index in [4.69, 9.17) is 5.73 Å². The second kappa shape index (κ2) is 4.98. The Morgan fingerprint density at radius 2 is 1.78 bits per heavy atom. The Morgan fingerprint density at radius 1 is 1.13 bits per heavy atom. The monoisotopic (exact) mass is 341 g/mol. The smallest absolute Gasteiger partial charge is 0.397 e. The molecule has 0 unspecified atom stereocenters. The molecule has 0 bridgehead atoms. The minimum atomic E-state index is -4.73. The molecule has 0 radical (unpaired) electrons. The van der Waals surface area contributed by atoms with E-state index in [2.05, 4.69) is 4.98 Å². The third-order valence-electron chi connectivity index (χ3n) is 3.24. The summed E-state index contributed by atoms with van der Waals surface area (Å²) in [5.41, 5.74) is 4.06. The number of fused-ring (bicyclic) bond motifs is 1. The molecule has 2 aromatic heterocycles. The number of nitrogens with two attached hydrogens (primary N) is 1. The van der Waals surface area contributed by atoms with Crippen molar-refractivity contribution < 1.29 is 21.6 Å². The van der Waals surface area contributed by atoms with Crippen LogP contribution in [0.2, 0.25) is 0 Å². The zero-order valence-electron chi connectivity index (χ0n) is 11.4. The number of rotatable bonds is 2. The van der Waals surface area contributed by atoms with E-state index in [9.17, 15) is 21.6 Å². The van der Waals surface area contributed by atoms with Crippen molar-refractivity contribution in [2.75, 3.05) is 5.73 Å². The molecule has 9 heteroatoms. The van der Waals surface area contributed by atoms with Crippen molar-refractivity contribution in [3.05, 3.63) is 54.4 Å². The molecular weight excluding hydrogens is 331 g/mol. The van der Waals surface area contributed by atoms with Crippen molar-refractivity contribution in [3.63, 3.8) is 0 Å². The summed E-state index contributed by atoms with van der Waals surface area (Å²) in [4.78, 5) is 3.63. The highest BCUT2D eigenvalue weighted by Crippen LogP contribution is 2.37. The second-order valence-corrected chi connectivity index (χ2v) is 6.61. The van der Waals surface area contributed by atoms with Crippen LogP contribution in [0.15, 0.2) is 53.7 Å². The number of anilines is 1. The van der Waals surface area contributed by atoms with Crippen molar-refractivity contribution in [1.82, 2.24) is 8.96 Å². The maximum absolute atomic E-state index is 13.2. The van der Waals surface area contributed by atoms with Gasteiger partial charge in [0.1, 0.15) is 0 Å². The highest BCUT2D eigenvalue weighted by Gasteiger charge is 2.37. The van der Waals surface area contributed by atoms with E-state index >= 15 is 0 Å². The second-order valence-electron chi connectivity index (χ2n) is 4.79. The van der Waals surface area contributed by atoms with E-state index in [1.807, 2.05) is 0 Å². The van der Waals surface area contributed by atoms with Crippen molar-refractivity contribution in [3.8, 4) is 0 Å². The first-order valence-corrected chi connectivity index (χ1v) is 7.79. The van der Waals surface area contributed by atoms with E-state index in [1.165, 1.54) is 24.3 Å². The molecule has 1 aromatic carbocycles. The topological polar surface area (TPSA) is 78.0 Å². The van der Waals surface area contributed by atoms with Gasteiger partial charge in [-0.2, -0.15) is 13.2 Å². The number of benzene rings is 1. The lowest BCUT2D eigenvalue weighted by Gasteiger charge is -2.06. The van der Waals surface area contributed by atoms with Crippen LogP contribution in [-0.4, -0.2) is 17.4 Å². The molecule has 0 aliphatic rings. The average molecular weight is 341 g/mol. The van der Waals surface area contributed by atoms with Crippen LogP contribution in [0, 0.1) is 0 Å². The van der Waals surface area contributed by atoms with Gasteiger partial charge in [-0.15, -0.1) is 0 Å². The van der Waals surface area contributed by atoms with Crippen molar-refractivity contribution in [2.24, 2.45) is 0 Å². The first-order chi connectivity index (χ1) is 10.7. The van der Waals surface area contributed by atoms with Crippen LogP contribution >= 0.6 is 0 Å². The maximum atomic E-state index is 13.2. The fourth-order valence-electron chi connectivity index (χ4n) is 2.21. The molecule has 0 fully saturated rings. The van der Waals surface area contributed by atoms with Gasteiger partial charge >= 0.3 is 6.18 Å². The Kier molecular flexibility index (Phi) is 3.33. The molecular formula is C14H10F3N3O2S. The Balaban J connectivity index is 2.36. The van der Waals surface area contributed by atoms with E-state index in [-0.39, 0.29) is 21.6 Å². The van der Waals surface area contributed by atoms with Crippen molar-refractivity contribution in [2.45, 2.75) is 11.1 Å². The molecule has 2 N–H and O–H groups in total. The van der Waals surface area contributed by atoms with E-state index in [0.29, 0.717) is 10.2 Å². The Morgan fingerprint density at radius 3 is 2.39 bits per heavy atom. The highest BCUT2D eigenvalue weighted by atomic mass is 32.2. The quantitative estimate of drug-likeness (QED) is 0.777. The van der Waals surface area contributed by atoms with Crippen LogP contribution in [0.1, 0.15) is 5.56 Å². The summed E-state index contributed by atoms with van der Waals surface area (Å²) in [6.45, 7) is 0. The molecule has 0 aliphatic heterocycles. The lowest BCUT2D eigenvalue weighted by molar-refractivity contribution is -0.136. The maximum Gasteiger partial charge on any atom is 0.418 e. The van der Waals surface area contributed by atoms with Gasteiger partial charge in [0.2, 0.25) is 0 Å². The molecule has 2 heterocycles. The molecule has 3 aromatic rings. The summed E-state index contributed by atoms with van der Waals surface area (Å²) in [6, 6.07) is 8.22. The van der Waals surface area contributed by atoms with Crippen molar-refractivity contribution >= 4 is 26.7 Å². The van der Waals surface area contributed by atoms with Gasteiger partial charge < -0.3 is 5.73 Å². The summed E-state index contributed by atoms with van der Waals surface area (Å²) in [7, 11) is -4.20. The molecule has 3 rings (SSSR count). The van der Waals surface area contributed by atoms with Crippen LogP contribution < -0.4 is 5.73 Å². The minimum Gasteiger partial charge on any atom is -0.397 e. The number of nitrogens with zero attached hydrogens (tertiary/aromatic N) is 2. The van der Waals surface area contributed by atoms with Crippen LogP contribution in [-0.2, 0) is 16.2 Å². The molecule has 120 valence electrons. The molecule has 0 saturated heterocycles. The van der Waals surface area contributed by atoms with Crippen LogP contribution in [0.3, 0.4) is 0 Å². The largest absolute Gasteiger partial charge is 0.418 e. The lowest BCUT2D eigenvalue weighted by Crippen LogP contribution is -2.12. The number of halogens is 3. The summed E-state index contributed by atoms with van der Waals surface area (Å²) in [5, 5.41) is -0.364. The number of hydrogen-bond acceptors (Lipinski definition) is 4. The Labute approximate surface area is 129 Å². The Bertz CT molecular complexity index is 980. The Hall–Kier alpha value is -2.55. The van der Waals surface area contributed by atoms with Gasteiger partial charge in [0, 0.05) is 11.6 Å². The standard InChI is InChI=1S/C14H10F3N3O2S/c15-14(16,17)12-8-20(13-11(12)6-9(18)7-19-13)23(21,22)10-4-2-1-3-5-10/h1-8H,18H2. The number of nitrogen functional groups attached to an aromatic ring is 1. The van der Waals surface area contributed by atoms with Crippen LogP contribution in [0.4, 0.5) is 18.9 Å². The van der Waals surface area contributed by atoms with E-state index in [0.717, 1.165) is 12.3 Å². The number of aromatic nitrogens is 2. The predicted molar refractivity (Wildman–Crippen MR) is 78.2 cm³/mol. The number of alkyl halides is 3. The summed E-state index contributed by atoms with van der Waals surface area (Å²) in [5.74, 6) is 0. The summed E-state index contributed by atoms with van der Waals surface area (Å²) in [6.07, 6.45) is -3.09. The van der Waals surface area contributed by atoms with Gasteiger partial charge in [-0.3, -0.25) is 0 Å². The molecule has 0 atom stereocenters. The fraction of sp³-hybridized carbons (Fsp3) is 0.0714. The minimum absolute atomic E-state index is 0.0119. The van der Waals surface area contributed by atoms with Gasteiger partial charge in [-0.05, 0) is 18.2 Å². The normalized spacial score (nSPS) is 12.7. The SMILES string of the molecule is Nc1cnc2c(c1)c(C(F)(F)F)cn2S(=O)(=O)c1ccccc1. The molecule has 5 nitrogen and oxygen atoms in total. The third kappa shape index (κ3) is 2.52. The summed E-state index contributed by atoms with van der Waals surface area (Å²) < 4.78 is 65.3. The highest BCUT2D eigenvalue weighted by molar-refractivity contribution is 7.90. The number of hydrogen-bond donors (Lipinski definition) is 1. The van der Waals surface area contributed by atoms with Gasteiger partial charge in [0.15, 0.2) is 5.65 Å². The van der Waals surface area contributed by atoms with Gasteiger partial charge in [0.05, 0.1) is 22.3 Å². The first kappa shape index (κ1) is 15.3. The summed E-state index contributed by atoms with van der Waals surface area (Å²) >= 11 is 0. The van der Waals surface area contributed by atoms with Crippen LogP contribution in [0.25, 0.3) is 11.0 Å². The average Bonchev–Trinajstić information content (AvgIpc) is 2.87. The van der Waals surface area contributed by atoms with E-state index < -0.39 is 21.8 Å². The van der Waals surface area contributed by atoms with Gasteiger partial charge in [-0.1, -0.05) is 18.2 Å². The molecule has 0 aliphatic carbocycles. The molecule has 0 saturated carbocycles. The fourth-order valence-corrected chi connectivity index (χ4v) is 3.56. The molecule has 0 spiro atoms. The van der Waals surface area contributed by atoms with Crippen molar-refractivity contribution in [1.29, 1.82) is 0 Å². The van der Waals surface area contributed by atoms with Gasteiger partial charge in [-0.25, -0.2) is 17.4 Å². The molecule has 23 heavy (non-hydrogen) atoms. The predicted octanol–water partition coefficient (Wildman–Crippen LogP) is 2.87. The zero-order chi connectivity index (χ0) is 16.8. The van der Waals surface area contributed by atoms with Gasteiger partial charge in [0.25, 0.3) is 10.0 Å². The third-order valence-corrected chi connectivity index (χ3v) is 4.90.